The van der Waals surface area contributed by atoms with E-state index < -0.39 is 0 Å². The maximum atomic E-state index is 12.5. The molecule has 1 aliphatic rings. The highest BCUT2D eigenvalue weighted by Crippen LogP contribution is 2.22. The molecule has 0 spiro atoms. The minimum absolute atomic E-state index is 0.000818. The van der Waals surface area contributed by atoms with Gasteiger partial charge in [-0.1, -0.05) is 13.3 Å². The van der Waals surface area contributed by atoms with Gasteiger partial charge in [0.25, 0.3) is 5.91 Å². The maximum absolute atomic E-state index is 12.5. The fraction of sp³-hybridized carbons (Fsp3) is 0.562. The number of carbonyl (C=O) groups is 2. The first-order chi connectivity index (χ1) is 10.6. The second kappa shape index (κ2) is 8.27. The van der Waals surface area contributed by atoms with Gasteiger partial charge in [-0.3, -0.25) is 14.6 Å². The average Bonchev–Trinajstić information content (AvgIpc) is 2.55. The lowest BCUT2D eigenvalue weighted by atomic mass is 9.95. The first-order valence-corrected chi connectivity index (χ1v) is 8.59. The molecule has 2 rings (SSSR count). The van der Waals surface area contributed by atoms with Crippen molar-refractivity contribution in [3.8, 4) is 0 Å². The third-order valence-electron chi connectivity index (χ3n) is 3.99. The molecule has 2 amide bonds. The van der Waals surface area contributed by atoms with E-state index in [1.165, 1.54) is 0 Å². The monoisotopic (exact) mass is 367 g/mol. The minimum Gasteiger partial charge on any atom is -0.356 e. The minimum atomic E-state index is -0.000818. The van der Waals surface area contributed by atoms with Gasteiger partial charge in [0, 0.05) is 42.4 Å². The molecule has 120 valence electrons. The molecule has 2 heterocycles. The number of nitrogens with zero attached hydrogens (tertiary/aromatic N) is 2. The Hall–Kier alpha value is -1.43. The van der Waals surface area contributed by atoms with Crippen LogP contribution in [0, 0.1) is 5.92 Å². The van der Waals surface area contributed by atoms with Crippen molar-refractivity contribution in [2.24, 2.45) is 5.92 Å². The molecule has 0 atom stereocenters. The standard InChI is InChI=1S/C16H22BrN3O2/c1-2-3-7-19-15(21)12-5-9-20(10-6-12)16(22)13-4-8-18-11-14(13)17/h4,8,11-12H,2-3,5-7,9-10H2,1H3,(H,19,21). The highest BCUT2D eigenvalue weighted by molar-refractivity contribution is 9.10. The van der Waals surface area contributed by atoms with E-state index >= 15 is 0 Å². The van der Waals surface area contributed by atoms with Gasteiger partial charge in [0.2, 0.25) is 5.91 Å². The Bertz CT molecular complexity index is 528. The van der Waals surface area contributed by atoms with E-state index in [2.05, 4.69) is 33.2 Å². The normalized spacial score (nSPS) is 15.6. The number of nitrogens with one attached hydrogen (secondary N) is 1. The lowest BCUT2D eigenvalue weighted by molar-refractivity contribution is -0.126. The van der Waals surface area contributed by atoms with Crippen LogP contribution in [0.5, 0.6) is 0 Å². The zero-order valence-corrected chi connectivity index (χ0v) is 14.4. The summed E-state index contributed by atoms with van der Waals surface area (Å²) in [5.41, 5.74) is 0.626. The lowest BCUT2D eigenvalue weighted by Crippen LogP contribution is -2.43. The van der Waals surface area contributed by atoms with Crippen LogP contribution in [-0.4, -0.2) is 41.3 Å². The number of carbonyl (C=O) groups excluding carboxylic acids is 2. The summed E-state index contributed by atoms with van der Waals surface area (Å²) in [5.74, 6) is 0.159. The molecule has 0 saturated carbocycles. The van der Waals surface area contributed by atoms with E-state index in [-0.39, 0.29) is 17.7 Å². The number of hydrogen-bond acceptors (Lipinski definition) is 3. The second-order valence-corrected chi connectivity index (χ2v) is 6.42. The van der Waals surface area contributed by atoms with Crippen molar-refractivity contribution in [1.82, 2.24) is 15.2 Å². The van der Waals surface area contributed by atoms with Gasteiger partial charge in [0.15, 0.2) is 0 Å². The van der Waals surface area contributed by atoms with E-state index in [4.69, 9.17) is 0 Å². The molecule has 0 aromatic carbocycles. The Morgan fingerprint density at radius 3 is 2.77 bits per heavy atom. The molecule has 0 radical (unpaired) electrons. The number of halogens is 1. The predicted molar refractivity (Wildman–Crippen MR) is 88.5 cm³/mol. The number of piperidine rings is 1. The third kappa shape index (κ3) is 4.29. The van der Waals surface area contributed by atoms with Crippen LogP contribution in [-0.2, 0) is 4.79 Å². The predicted octanol–water partition coefficient (Wildman–Crippen LogP) is 2.61. The summed E-state index contributed by atoms with van der Waals surface area (Å²) in [5, 5.41) is 2.98. The molecule has 1 aromatic heterocycles. The zero-order valence-electron chi connectivity index (χ0n) is 12.8. The molecule has 1 fully saturated rings. The Kier molecular flexibility index (Phi) is 6.36. The lowest BCUT2D eigenvalue weighted by Gasteiger charge is -2.31. The number of aromatic nitrogens is 1. The zero-order chi connectivity index (χ0) is 15.9. The molecule has 6 heteroatoms. The van der Waals surface area contributed by atoms with Crippen LogP contribution in [0.1, 0.15) is 43.0 Å². The molecular weight excluding hydrogens is 346 g/mol. The average molecular weight is 368 g/mol. The van der Waals surface area contributed by atoms with E-state index in [1.54, 1.807) is 18.5 Å². The highest BCUT2D eigenvalue weighted by Gasteiger charge is 2.28. The number of likely N-dealkylation sites (tertiary alicyclic amines) is 1. The molecule has 0 unspecified atom stereocenters. The molecule has 1 aliphatic heterocycles. The largest absolute Gasteiger partial charge is 0.356 e. The summed E-state index contributed by atoms with van der Waals surface area (Å²) in [7, 11) is 0. The first kappa shape index (κ1) is 16.9. The van der Waals surface area contributed by atoms with Crippen molar-refractivity contribution in [3.63, 3.8) is 0 Å². The van der Waals surface area contributed by atoms with Crippen molar-refractivity contribution in [2.45, 2.75) is 32.6 Å². The second-order valence-electron chi connectivity index (χ2n) is 5.57. The van der Waals surface area contributed by atoms with Crippen LogP contribution >= 0.6 is 15.9 Å². The molecule has 0 aliphatic carbocycles. The molecular formula is C16H22BrN3O2. The van der Waals surface area contributed by atoms with E-state index in [9.17, 15) is 9.59 Å². The van der Waals surface area contributed by atoms with Crippen LogP contribution in [0.15, 0.2) is 22.9 Å². The van der Waals surface area contributed by atoms with Crippen molar-refractivity contribution in [2.75, 3.05) is 19.6 Å². The van der Waals surface area contributed by atoms with Gasteiger partial charge in [-0.15, -0.1) is 0 Å². The Labute approximate surface area is 139 Å². The first-order valence-electron chi connectivity index (χ1n) is 7.80. The van der Waals surface area contributed by atoms with E-state index in [0.29, 0.717) is 23.1 Å². The van der Waals surface area contributed by atoms with Gasteiger partial charge in [0.05, 0.1) is 5.56 Å². The Morgan fingerprint density at radius 2 is 2.14 bits per heavy atom. The number of pyridine rings is 1. The number of unbranched alkanes of at least 4 members (excludes halogenated alkanes) is 1. The summed E-state index contributed by atoms with van der Waals surface area (Å²) in [6.45, 7) is 4.10. The summed E-state index contributed by atoms with van der Waals surface area (Å²) in [4.78, 5) is 30.3. The van der Waals surface area contributed by atoms with Crippen molar-refractivity contribution in [3.05, 3.63) is 28.5 Å². The van der Waals surface area contributed by atoms with Crippen LogP contribution in [0.4, 0.5) is 0 Å². The van der Waals surface area contributed by atoms with Crippen LogP contribution in [0.25, 0.3) is 0 Å². The van der Waals surface area contributed by atoms with Gasteiger partial charge in [-0.2, -0.15) is 0 Å². The molecule has 5 nitrogen and oxygen atoms in total. The number of hydrogen-bond donors (Lipinski definition) is 1. The topological polar surface area (TPSA) is 62.3 Å². The molecule has 1 N–H and O–H groups in total. The van der Waals surface area contributed by atoms with Crippen molar-refractivity contribution in [1.29, 1.82) is 0 Å². The van der Waals surface area contributed by atoms with Crippen LogP contribution in [0.3, 0.4) is 0 Å². The third-order valence-corrected chi connectivity index (χ3v) is 4.62. The van der Waals surface area contributed by atoms with Crippen LogP contribution < -0.4 is 5.32 Å². The summed E-state index contributed by atoms with van der Waals surface area (Å²) in [6, 6.07) is 1.72. The van der Waals surface area contributed by atoms with E-state index in [1.807, 2.05) is 4.90 Å². The maximum Gasteiger partial charge on any atom is 0.255 e. The van der Waals surface area contributed by atoms with E-state index in [0.717, 1.165) is 32.2 Å². The van der Waals surface area contributed by atoms with Gasteiger partial charge in [-0.05, 0) is 41.3 Å². The van der Waals surface area contributed by atoms with Gasteiger partial charge >= 0.3 is 0 Å². The fourth-order valence-electron chi connectivity index (χ4n) is 2.60. The van der Waals surface area contributed by atoms with Crippen molar-refractivity contribution < 1.29 is 9.59 Å². The van der Waals surface area contributed by atoms with Crippen LogP contribution in [0.2, 0.25) is 0 Å². The van der Waals surface area contributed by atoms with Gasteiger partial charge < -0.3 is 10.2 Å². The van der Waals surface area contributed by atoms with Gasteiger partial charge in [0.1, 0.15) is 0 Å². The molecule has 22 heavy (non-hydrogen) atoms. The molecule has 1 aromatic rings. The quantitative estimate of drug-likeness (QED) is 0.813. The fourth-order valence-corrected chi connectivity index (χ4v) is 3.02. The smallest absolute Gasteiger partial charge is 0.255 e. The highest BCUT2D eigenvalue weighted by atomic mass is 79.9. The Balaban J connectivity index is 1.85. The van der Waals surface area contributed by atoms with Crippen molar-refractivity contribution >= 4 is 27.7 Å². The SMILES string of the molecule is CCCCNC(=O)C1CCN(C(=O)c2ccncc2Br)CC1. The number of rotatable bonds is 5. The summed E-state index contributed by atoms with van der Waals surface area (Å²) < 4.78 is 0.708. The van der Waals surface area contributed by atoms with Gasteiger partial charge in [-0.25, -0.2) is 0 Å². The Morgan fingerprint density at radius 1 is 1.41 bits per heavy atom. The summed E-state index contributed by atoms with van der Waals surface area (Å²) >= 11 is 3.36. The molecule has 0 bridgehead atoms. The molecule has 1 saturated heterocycles. The summed E-state index contributed by atoms with van der Waals surface area (Å²) in [6.07, 6.45) is 6.79. The number of amides is 2.